The van der Waals surface area contributed by atoms with Gasteiger partial charge in [-0.1, -0.05) is 13.8 Å². The highest BCUT2D eigenvalue weighted by Gasteiger charge is 2.32. The van der Waals surface area contributed by atoms with Gasteiger partial charge in [-0.3, -0.25) is 9.69 Å². The Balaban J connectivity index is 2.72. The number of hydrogen-bond acceptors (Lipinski definition) is 2. The molecule has 1 N–H and O–H groups in total. The minimum Gasteiger partial charge on any atom is -0.337 e. The number of amides is 3. The van der Waals surface area contributed by atoms with Crippen LogP contribution in [0.2, 0.25) is 0 Å². The van der Waals surface area contributed by atoms with Crippen molar-refractivity contribution in [2.75, 3.05) is 13.6 Å². The van der Waals surface area contributed by atoms with Crippen molar-refractivity contribution in [2.24, 2.45) is 11.8 Å². The molecular formula is C8H14N2O2. The highest BCUT2D eigenvalue weighted by Crippen LogP contribution is 2.15. The summed E-state index contributed by atoms with van der Waals surface area (Å²) in [4.78, 5) is 23.6. The molecule has 1 saturated heterocycles. The molecule has 0 aromatic carbocycles. The number of nitrogens with zero attached hydrogens (tertiary/aromatic N) is 1. The summed E-state index contributed by atoms with van der Waals surface area (Å²) in [7, 11) is 1.51. The Kier molecular flexibility index (Phi) is 2.35. The van der Waals surface area contributed by atoms with Gasteiger partial charge in [0.15, 0.2) is 0 Å². The predicted octanol–water partition coefficient (Wildman–Crippen LogP) is 0.440. The van der Waals surface area contributed by atoms with Crippen LogP contribution in [0.3, 0.4) is 0 Å². The average molecular weight is 170 g/mol. The first-order valence-electron chi connectivity index (χ1n) is 4.09. The standard InChI is InChI=1S/C8H14N2O2/c1-5(2)6-4-9-8(12)10(3)7(6)11/h5-6H,4H2,1-3H3,(H,9,12). The molecule has 3 amide bonds. The van der Waals surface area contributed by atoms with Crippen LogP contribution in [-0.4, -0.2) is 30.4 Å². The Bertz CT molecular complexity index is 213. The molecule has 0 aromatic rings. The Hall–Kier alpha value is -1.06. The maximum atomic E-state index is 11.4. The molecule has 0 aromatic heterocycles. The first kappa shape index (κ1) is 9.03. The number of imide groups is 1. The molecule has 0 radical (unpaired) electrons. The summed E-state index contributed by atoms with van der Waals surface area (Å²) in [5, 5.41) is 2.66. The Morgan fingerprint density at radius 2 is 2.08 bits per heavy atom. The van der Waals surface area contributed by atoms with Gasteiger partial charge in [-0.25, -0.2) is 4.79 Å². The zero-order valence-electron chi connectivity index (χ0n) is 7.63. The second kappa shape index (κ2) is 3.13. The molecule has 1 aliphatic heterocycles. The summed E-state index contributed by atoms with van der Waals surface area (Å²) in [6.07, 6.45) is 0. The van der Waals surface area contributed by atoms with E-state index in [0.717, 1.165) is 4.90 Å². The lowest BCUT2D eigenvalue weighted by Crippen LogP contribution is -2.54. The quantitative estimate of drug-likeness (QED) is 0.620. The van der Waals surface area contributed by atoms with Crippen molar-refractivity contribution >= 4 is 11.9 Å². The van der Waals surface area contributed by atoms with E-state index >= 15 is 0 Å². The second-order valence-electron chi connectivity index (χ2n) is 3.43. The van der Waals surface area contributed by atoms with E-state index < -0.39 is 0 Å². The van der Waals surface area contributed by atoms with Gasteiger partial charge < -0.3 is 5.32 Å². The predicted molar refractivity (Wildman–Crippen MR) is 44.5 cm³/mol. The summed E-state index contributed by atoms with van der Waals surface area (Å²) >= 11 is 0. The molecular weight excluding hydrogens is 156 g/mol. The number of carbonyl (C=O) groups excluding carboxylic acids is 2. The van der Waals surface area contributed by atoms with E-state index in [0.29, 0.717) is 6.54 Å². The summed E-state index contributed by atoms with van der Waals surface area (Å²) in [6, 6.07) is -0.295. The highest BCUT2D eigenvalue weighted by molar-refractivity contribution is 5.97. The van der Waals surface area contributed by atoms with Crippen LogP contribution < -0.4 is 5.32 Å². The summed E-state index contributed by atoms with van der Waals surface area (Å²) in [5.41, 5.74) is 0. The van der Waals surface area contributed by atoms with E-state index in [1.54, 1.807) is 0 Å². The van der Waals surface area contributed by atoms with Gasteiger partial charge in [0.1, 0.15) is 0 Å². The molecule has 0 bridgehead atoms. The maximum absolute atomic E-state index is 11.4. The molecule has 4 nitrogen and oxygen atoms in total. The van der Waals surface area contributed by atoms with Crippen LogP contribution >= 0.6 is 0 Å². The molecule has 1 unspecified atom stereocenters. The zero-order valence-corrected chi connectivity index (χ0v) is 7.63. The second-order valence-corrected chi connectivity index (χ2v) is 3.43. The zero-order chi connectivity index (χ0) is 9.30. The molecule has 1 fully saturated rings. The Morgan fingerprint density at radius 3 is 2.58 bits per heavy atom. The lowest BCUT2D eigenvalue weighted by Gasteiger charge is -2.30. The lowest BCUT2D eigenvalue weighted by molar-refractivity contribution is -0.134. The van der Waals surface area contributed by atoms with E-state index in [1.165, 1.54) is 7.05 Å². The highest BCUT2D eigenvalue weighted by atomic mass is 16.2. The van der Waals surface area contributed by atoms with E-state index in [-0.39, 0.29) is 23.8 Å². The van der Waals surface area contributed by atoms with Crippen LogP contribution in [0.4, 0.5) is 4.79 Å². The first-order valence-corrected chi connectivity index (χ1v) is 4.09. The Morgan fingerprint density at radius 1 is 1.50 bits per heavy atom. The minimum atomic E-state index is -0.295. The van der Waals surface area contributed by atoms with Crippen molar-refractivity contribution in [1.82, 2.24) is 10.2 Å². The fourth-order valence-electron chi connectivity index (χ4n) is 1.27. The van der Waals surface area contributed by atoms with Gasteiger partial charge in [-0.15, -0.1) is 0 Å². The van der Waals surface area contributed by atoms with Crippen LogP contribution in [0.25, 0.3) is 0 Å². The topological polar surface area (TPSA) is 49.4 Å². The van der Waals surface area contributed by atoms with Crippen molar-refractivity contribution in [2.45, 2.75) is 13.8 Å². The SMILES string of the molecule is CC(C)C1CNC(=O)N(C)C1=O. The van der Waals surface area contributed by atoms with Crippen molar-refractivity contribution in [3.05, 3.63) is 0 Å². The molecule has 12 heavy (non-hydrogen) atoms. The van der Waals surface area contributed by atoms with Gasteiger partial charge in [0.25, 0.3) is 0 Å². The number of urea groups is 1. The molecule has 1 heterocycles. The number of hydrogen-bond donors (Lipinski definition) is 1. The van der Waals surface area contributed by atoms with Crippen LogP contribution in [0.5, 0.6) is 0 Å². The largest absolute Gasteiger partial charge is 0.337 e. The van der Waals surface area contributed by atoms with Crippen LogP contribution in [-0.2, 0) is 4.79 Å². The van der Waals surface area contributed by atoms with Gasteiger partial charge in [0.05, 0.1) is 5.92 Å². The normalized spacial score (nSPS) is 24.7. The molecule has 1 atom stereocenters. The van der Waals surface area contributed by atoms with Crippen molar-refractivity contribution < 1.29 is 9.59 Å². The van der Waals surface area contributed by atoms with Gasteiger partial charge in [0, 0.05) is 13.6 Å². The molecule has 1 rings (SSSR count). The number of nitrogens with one attached hydrogen (secondary N) is 1. The third-order valence-electron chi connectivity index (χ3n) is 2.23. The van der Waals surface area contributed by atoms with Crippen LogP contribution in [0.15, 0.2) is 0 Å². The van der Waals surface area contributed by atoms with E-state index in [2.05, 4.69) is 5.32 Å². The summed E-state index contributed by atoms with van der Waals surface area (Å²) in [5.74, 6) is 0.141. The average Bonchev–Trinajstić information content (AvgIpc) is 2.00. The molecule has 1 aliphatic rings. The number of carbonyl (C=O) groups is 2. The van der Waals surface area contributed by atoms with Gasteiger partial charge in [-0.2, -0.15) is 0 Å². The third kappa shape index (κ3) is 1.42. The van der Waals surface area contributed by atoms with Gasteiger partial charge in [0.2, 0.25) is 5.91 Å². The fourth-order valence-corrected chi connectivity index (χ4v) is 1.27. The molecule has 68 valence electrons. The van der Waals surface area contributed by atoms with Gasteiger partial charge in [-0.05, 0) is 5.92 Å². The van der Waals surface area contributed by atoms with E-state index in [4.69, 9.17) is 0 Å². The minimum absolute atomic E-state index is 0.0623. The lowest BCUT2D eigenvalue weighted by atomic mass is 9.93. The Labute approximate surface area is 71.9 Å². The van der Waals surface area contributed by atoms with Crippen molar-refractivity contribution in [3.8, 4) is 0 Å². The number of rotatable bonds is 1. The summed E-state index contributed by atoms with van der Waals surface area (Å²) < 4.78 is 0. The smallest absolute Gasteiger partial charge is 0.323 e. The van der Waals surface area contributed by atoms with E-state index in [9.17, 15) is 9.59 Å². The maximum Gasteiger partial charge on any atom is 0.323 e. The molecule has 0 spiro atoms. The fraction of sp³-hybridized carbons (Fsp3) is 0.750. The van der Waals surface area contributed by atoms with Gasteiger partial charge >= 0.3 is 6.03 Å². The van der Waals surface area contributed by atoms with E-state index in [1.807, 2.05) is 13.8 Å². The summed E-state index contributed by atoms with van der Waals surface area (Å²) in [6.45, 7) is 4.43. The van der Waals surface area contributed by atoms with Crippen LogP contribution in [0, 0.1) is 11.8 Å². The third-order valence-corrected chi connectivity index (χ3v) is 2.23. The molecule has 0 aliphatic carbocycles. The van der Waals surface area contributed by atoms with Crippen LogP contribution in [0.1, 0.15) is 13.8 Å². The van der Waals surface area contributed by atoms with Crippen molar-refractivity contribution in [1.29, 1.82) is 0 Å². The van der Waals surface area contributed by atoms with Crippen molar-refractivity contribution in [3.63, 3.8) is 0 Å². The molecule has 4 heteroatoms. The molecule has 0 saturated carbocycles. The monoisotopic (exact) mass is 170 g/mol. The first-order chi connectivity index (χ1) is 5.54.